The Bertz CT molecular complexity index is 1120. The number of nitro benzene ring substituents is 1. The molecule has 0 atom stereocenters. The molecular weight excluding hydrogens is 368 g/mol. The highest BCUT2D eigenvalue weighted by molar-refractivity contribution is 7.89. The van der Waals surface area contributed by atoms with Crippen molar-refractivity contribution in [3.8, 4) is 11.1 Å². The molecule has 0 aliphatic carbocycles. The van der Waals surface area contributed by atoms with Gasteiger partial charge in [0.2, 0.25) is 15.8 Å². The molecule has 7 nitrogen and oxygen atoms in total. The maximum Gasteiger partial charge on any atom is 0.281 e. The van der Waals surface area contributed by atoms with Crippen LogP contribution in [-0.4, -0.2) is 19.1 Å². The van der Waals surface area contributed by atoms with Gasteiger partial charge in [0.1, 0.15) is 5.56 Å². The lowest BCUT2D eigenvalue weighted by molar-refractivity contribution is -0.385. The first-order valence-electron chi connectivity index (χ1n) is 7.79. The summed E-state index contributed by atoms with van der Waals surface area (Å²) in [7, 11) is -4.32. The van der Waals surface area contributed by atoms with Crippen molar-refractivity contribution < 1.29 is 18.1 Å². The fourth-order valence-electron chi connectivity index (χ4n) is 2.73. The monoisotopic (exact) mass is 382 g/mol. The summed E-state index contributed by atoms with van der Waals surface area (Å²) in [4.78, 5) is 22.8. The molecule has 3 aromatic carbocycles. The summed E-state index contributed by atoms with van der Waals surface area (Å²) in [6.45, 7) is 0. The van der Waals surface area contributed by atoms with Crippen LogP contribution in [-0.2, 0) is 10.0 Å². The van der Waals surface area contributed by atoms with Gasteiger partial charge in [-0.25, -0.2) is 13.6 Å². The second kappa shape index (κ2) is 7.10. The zero-order chi connectivity index (χ0) is 19.6. The summed E-state index contributed by atoms with van der Waals surface area (Å²) >= 11 is 0. The molecule has 0 saturated carbocycles. The zero-order valence-corrected chi connectivity index (χ0v) is 14.7. The number of carbonyl (C=O) groups is 1. The predicted molar refractivity (Wildman–Crippen MR) is 99.8 cm³/mol. The van der Waals surface area contributed by atoms with E-state index in [0.29, 0.717) is 0 Å². The van der Waals surface area contributed by atoms with Gasteiger partial charge in [0.15, 0.2) is 0 Å². The van der Waals surface area contributed by atoms with E-state index in [1.807, 2.05) is 30.3 Å². The smallest absolute Gasteiger partial charge is 0.281 e. The lowest BCUT2D eigenvalue weighted by atomic mass is 9.98. The minimum Gasteiger partial charge on any atom is -0.288 e. The van der Waals surface area contributed by atoms with Crippen molar-refractivity contribution in [1.29, 1.82) is 0 Å². The Labute approximate surface area is 155 Å². The highest BCUT2D eigenvalue weighted by atomic mass is 32.2. The molecule has 0 aliphatic rings. The van der Waals surface area contributed by atoms with Gasteiger partial charge in [0.05, 0.1) is 9.82 Å². The van der Waals surface area contributed by atoms with E-state index in [-0.39, 0.29) is 5.56 Å². The molecule has 3 rings (SSSR count). The SMILES string of the molecule is NS(=O)(=O)c1cccc([N+](=O)[O-])c1C(=O)c1ccc(-c2ccccc2)cc1. The van der Waals surface area contributed by atoms with Crippen molar-refractivity contribution in [3.63, 3.8) is 0 Å². The highest BCUT2D eigenvalue weighted by Gasteiger charge is 2.29. The van der Waals surface area contributed by atoms with E-state index in [9.17, 15) is 23.3 Å². The Morgan fingerprint density at radius 1 is 0.852 bits per heavy atom. The predicted octanol–water partition coefficient (Wildman–Crippen LogP) is 3.14. The average Bonchev–Trinajstić information content (AvgIpc) is 2.67. The largest absolute Gasteiger partial charge is 0.288 e. The highest BCUT2D eigenvalue weighted by Crippen LogP contribution is 2.29. The number of sulfonamides is 1. The summed E-state index contributed by atoms with van der Waals surface area (Å²) in [5.74, 6) is -0.786. The number of hydrogen-bond donors (Lipinski definition) is 1. The number of benzene rings is 3. The number of carbonyl (C=O) groups excluding carboxylic acids is 1. The van der Waals surface area contributed by atoms with Gasteiger partial charge in [-0.1, -0.05) is 60.7 Å². The van der Waals surface area contributed by atoms with Crippen LogP contribution in [0, 0.1) is 10.1 Å². The molecule has 136 valence electrons. The molecule has 0 unspecified atom stereocenters. The second-order valence-corrected chi connectivity index (χ2v) is 7.25. The third-order valence-electron chi connectivity index (χ3n) is 3.99. The van der Waals surface area contributed by atoms with E-state index in [1.165, 1.54) is 18.2 Å². The molecule has 0 saturated heterocycles. The fourth-order valence-corrected chi connectivity index (χ4v) is 3.48. The van der Waals surface area contributed by atoms with E-state index >= 15 is 0 Å². The van der Waals surface area contributed by atoms with Crippen molar-refractivity contribution in [2.45, 2.75) is 4.90 Å². The summed E-state index contributed by atoms with van der Waals surface area (Å²) in [6.07, 6.45) is 0. The van der Waals surface area contributed by atoms with E-state index in [4.69, 9.17) is 5.14 Å². The van der Waals surface area contributed by atoms with Gasteiger partial charge in [0, 0.05) is 11.6 Å². The quantitative estimate of drug-likeness (QED) is 0.413. The third-order valence-corrected chi connectivity index (χ3v) is 4.94. The van der Waals surface area contributed by atoms with Crippen LogP contribution in [0.5, 0.6) is 0 Å². The molecule has 0 amide bonds. The number of nitrogens with two attached hydrogens (primary N) is 1. The maximum absolute atomic E-state index is 12.9. The Hall–Kier alpha value is -3.36. The number of rotatable bonds is 5. The van der Waals surface area contributed by atoms with Gasteiger partial charge in [-0.2, -0.15) is 0 Å². The Morgan fingerprint density at radius 3 is 2.00 bits per heavy atom. The van der Waals surface area contributed by atoms with Crippen LogP contribution >= 0.6 is 0 Å². The van der Waals surface area contributed by atoms with Gasteiger partial charge < -0.3 is 0 Å². The van der Waals surface area contributed by atoms with Crippen LogP contribution in [0.15, 0.2) is 77.7 Å². The van der Waals surface area contributed by atoms with E-state index < -0.39 is 36.9 Å². The van der Waals surface area contributed by atoms with E-state index in [1.54, 1.807) is 12.1 Å². The minimum atomic E-state index is -4.32. The summed E-state index contributed by atoms with van der Waals surface area (Å²) in [6, 6.07) is 19.1. The Morgan fingerprint density at radius 2 is 1.44 bits per heavy atom. The van der Waals surface area contributed by atoms with Crippen molar-refractivity contribution in [3.05, 3.63) is 94.0 Å². The molecule has 3 aromatic rings. The van der Waals surface area contributed by atoms with Crippen molar-refractivity contribution in [1.82, 2.24) is 0 Å². The van der Waals surface area contributed by atoms with E-state index in [0.717, 1.165) is 23.3 Å². The minimum absolute atomic E-state index is 0.119. The van der Waals surface area contributed by atoms with Gasteiger partial charge in [0.25, 0.3) is 5.69 Å². The van der Waals surface area contributed by atoms with Crippen LogP contribution < -0.4 is 5.14 Å². The molecule has 0 radical (unpaired) electrons. The fraction of sp³-hybridized carbons (Fsp3) is 0. The summed E-state index contributed by atoms with van der Waals surface area (Å²) in [5.41, 5.74) is 0.749. The number of nitrogens with zero attached hydrogens (tertiary/aromatic N) is 1. The van der Waals surface area contributed by atoms with Crippen molar-refractivity contribution in [2.75, 3.05) is 0 Å². The molecule has 0 bridgehead atoms. The molecule has 0 spiro atoms. The Balaban J connectivity index is 2.10. The third kappa shape index (κ3) is 3.76. The van der Waals surface area contributed by atoms with Crippen LogP contribution in [0.2, 0.25) is 0 Å². The number of hydrogen-bond acceptors (Lipinski definition) is 5. The molecule has 0 aliphatic heterocycles. The molecule has 0 heterocycles. The number of primary sulfonamides is 1. The van der Waals surface area contributed by atoms with Crippen LogP contribution in [0.4, 0.5) is 5.69 Å². The molecule has 0 fully saturated rings. The number of ketones is 1. The normalized spacial score (nSPS) is 11.1. The molecule has 0 aromatic heterocycles. The average molecular weight is 382 g/mol. The standard InChI is InChI=1S/C19H14N2O5S/c20-27(25,26)17-8-4-7-16(21(23)24)18(17)19(22)15-11-9-14(10-12-15)13-5-2-1-3-6-13/h1-12H,(H2,20,25,26). The molecule has 27 heavy (non-hydrogen) atoms. The topological polar surface area (TPSA) is 120 Å². The first kappa shape index (κ1) is 18.4. The maximum atomic E-state index is 12.9. The van der Waals surface area contributed by atoms with Crippen LogP contribution in [0.3, 0.4) is 0 Å². The summed E-state index contributed by atoms with van der Waals surface area (Å²) < 4.78 is 23.6. The first-order chi connectivity index (χ1) is 12.8. The van der Waals surface area contributed by atoms with Gasteiger partial charge in [-0.3, -0.25) is 14.9 Å². The van der Waals surface area contributed by atoms with Gasteiger partial charge in [-0.05, 0) is 17.2 Å². The number of nitro groups is 1. The summed E-state index contributed by atoms with van der Waals surface area (Å²) in [5, 5.41) is 16.4. The lowest BCUT2D eigenvalue weighted by Gasteiger charge is -2.08. The van der Waals surface area contributed by atoms with Crippen molar-refractivity contribution >= 4 is 21.5 Å². The van der Waals surface area contributed by atoms with Gasteiger partial charge >= 0.3 is 0 Å². The molecule has 8 heteroatoms. The second-order valence-electron chi connectivity index (χ2n) is 5.72. The van der Waals surface area contributed by atoms with E-state index in [2.05, 4.69) is 0 Å². The Kier molecular flexibility index (Phi) is 4.85. The van der Waals surface area contributed by atoms with Gasteiger partial charge in [-0.15, -0.1) is 0 Å². The van der Waals surface area contributed by atoms with Crippen molar-refractivity contribution in [2.24, 2.45) is 5.14 Å². The molecular formula is C19H14N2O5S. The zero-order valence-electron chi connectivity index (χ0n) is 13.9. The molecule has 2 N–H and O–H groups in total. The van der Waals surface area contributed by atoms with Crippen LogP contribution in [0.1, 0.15) is 15.9 Å². The van der Waals surface area contributed by atoms with Crippen LogP contribution in [0.25, 0.3) is 11.1 Å². The lowest BCUT2D eigenvalue weighted by Crippen LogP contribution is -2.18. The first-order valence-corrected chi connectivity index (χ1v) is 9.34.